The highest BCUT2D eigenvalue weighted by atomic mass is 19.3. The van der Waals surface area contributed by atoms with Crippen molar-refractivity contribution < 1.29 is 13.6 Å². The van der Waals surface area contributed by atoms with Crippen LogP contribution in [0.5, 0.6) is 0 Å². The molecule has 0 atom stereocenters. The summed E-state index contributed by atoms with van der Waals surface area (Å²) in [6.45, 7) is 3.49. The van der Waals surface area contributed by atoms with E-state index in [2.05, 4.69) is 24.4 Å². The molecular weight excluding hydrogens is 286 g/mol. The van der Waals surface area contributed by atoms with Crippen molar-refractivity contribution in [1.82, 2.24) is 10.2 Å². The number of hydrogen-bond acceptors (Lipinski definition) is 1. The molecule has 1 saturated carbocycles. The normalized spacial score (nSPS) is 23.7. The number of nitrogens with one attached hydrogen (secondary N) is 1. The number of rotatable bonds is 2. The number of likely N-dealkylation sites (tertiary alicyclic amines) is 1. The molecule has 2 aliphatic rings. The van der Waals surface area contributed by atoms with Gasteiger partial charge in [0.1, 0.15) is 0 Å². The number of carbonyl (C=O) groups excluding carboxylic acids is 1. The molecule has 2 fully saturated rings. The van der Waals surface area contributed by atoms with Gasteiger partial charge in [0.25, 0.3) is 0 Å². The number of alkyl halides is 2. The second kappa shape index (κ2) is 5.52. The maximum atomic E-state index is 13.1. The highest BCUT2D eigenvalue weighted by Crippen LogP contribution is 2.35. The number of amides is 2. The molecule has 5 heteroatoms. The first-order valence-corrected chi connectivity index (χ1v) is 7.87. The van der Waals surface area contributed by atoms with Crippen LogP contribution >= 0.6 is 0 Å². The van der Waals surface area contributed by atoms with E-state index in [0.29, 0.717) is 25.9 Å². The fourth-order valence-corrected chi connectivity index (χ4v) is 3.41. The van der Waals surface area contributed by atoms with Crippen LogP contribution in [0.25, 0.3) is 0 Å². The summed E-state index contributed by atoms with van der Waals surface area (Å²) in [6, 6.07) is 9.92. The molecule has 1 aromatic carbocycles. The molecule has 1 heterocycles. The smallest absolute Gasteiger partial charge is 0.317 e. The quantitative estimate of drug-likeness (QED) is 0.890. The summed E-state index contributed by atoms with van der Waals surface area (Å²) >= 11 is 0. The SMILES string of the molecule is CC1(c2ccccc2)CN(C(=O)NC2CCC(F)(F)CC2)C1. The van der Waals surface area contributed by atoms with Crippen molar-refractivity contribution in [3.63, 3.8) is 0 Å². The van der Waals surface area contributed by atoms with Gasteiger partial charge in [-0.15, -0.1) is 0 Å². The molecule has 120 valence electrons. The summed E-state index contributed by atoms with van der Waals surface area (Å²) in [5, 5.41) is 2.90. The van der Waals surface area contributed by atoms with E-state index in [-0.39, 0.29) is 30.3 Å². The van der Waals surface area contributed by atoms with Crippen molar-refractivity contribution in [3.8, 4) is 0 Å². The molecular formula is C17H22F2N2O. The Morgan fingerprint density at radius 1 is 1.18 bits per heavy atom. The Kier molecular flexibility index (Phi) is 3.83. The number of urea groups is 1. The van der Waals surface area contributed by atoms with Crippen molar-refractivity contribution in [2.45, 2.75) is 50.0 Å². The van der Waals surface area contributed by atoms with E-state index in [1.165, 1.54) is 5.56 Å². The van der Waals surface area contributed by atoms with Crippen molar-refractivity contribution >= 4 is 6.03 Å². The molecule has 2 amide bonds. The highest BCUT2D eigenvalue weighted by molar-refractivity contribution is 5.76. The minimum Gasteiger partial charge on any atom is -0.335 e. The molecule has 1 saturated heterocycles. The molecule has 0 radical (unpaired) electrons. The minimum absolute atomic E-state index is 0.00179. The van der Waals surface area contributed by atoms with Gasteiger partial charge >= 0.3 is 6.03 Å². The van der Waals surface area contributed by atoms with Crippen molar-refractivity contribution in [3.05, 3.63) is 35.9 Å². The summed E-state index contributed by atoms with van der Waals surface area (Å²) in [5.74, 6) is -2.55. The summed E-state index contributed by atoms with van der Waals surface area (Å²) in [4.78, 5) is 14.0. The van der Waals surface area contributed by atoms with E-state index in [1.807, 2.05) is 18.2 Å². The maximum Gasteiger partial charge on any atom is 0.317 e. The standard InChI is InChI=1S/C17H22F2N2O/c1-16(13-5-3-2-4-6-13)11-21(12-16)15(22)20-14-7-9-17(18,19)10-8-14/h2-6,14H,7-12H2,1H3,(H,20,22). The lowest BCUT2D eigenvalue weighted by Gasteiger charge is -2.48. The second-order valence-corrected chi connectivity index (χ2v) is 6.86. The van der Waals surface area contributed by atoms with Crippen molar-refractivity contribution in [1.29, 1.82) is 0 Å². The Morgan fingerprint density at radius 2 is 1.77 bits per heavy atom. The fourth-order valence-electron chi connectivity index (χ4n) is 3.41. The number of hydrogen-bond donors (Lipinski definition) is 1. The van der Waals surface area contributed by atoms with Crippen molar-refractivity contribution in [2.75, 3.05) is 13.1 Å². The third kappa shape index (κ3) is 3.08. The Labute approximate surface area is 129 Å². The van der Waals surface area contributed by atoms with E-state index in [0.717, 1.165) is 0 Å². The zero-order valence-corrected chi connectivity index (χ0v) is 12.8. The lowest BCUT2D eigenvalue weighted by Crippen LogP contribution is -2.63. The highest BCUT2D eigenvalue weighted by Gasteiger charge is 2.43. The van der Waals surface area contributed by atoms with Crippen LogP contribution in [0.4, 0.5) is 13.6 Å². The maximum absolute atomic E-state index is 13.1. The molecule has 0 unspecified atom stereocenters. The zero-order valence-electron chi connectivity index (χ0n) is 12.8. The van der Waals surface area contributed by atoms with Gasteiger partial charge < -0.3 is 10.2 Å². The molecule has 1 aliphatic carbocycles. The first-order valence-electron chi connectivity index (χ1n) is 7.87. The van der Waals surface area contributed by atoms with Gasteiger partial charge in [-0.1, -0.05) is 37.3 Å². The summed E-state index contributed by atoms with van der Waals surface area (Å²) < 4.78 is 26.2. The molecule has 3 nitrogen and oxygen atoms in total. The van der Waals surface area contributed by atoms with E-state index >= 15 is 0 Å². The first-order chi connectivity index (χ1) is 10.4. The van der Waals surface area contributed by atoms with E-state index in [1.54, 1.807) is 4.90 Å². The molecule has 22 heavy (non-hydrogen) atoms. The molecule has 1 N–H and O–H groups in total. The monoisotopic (exact) mass is 308 g/mol. The number of nitrogens with zero attached hydrogens (tertiary/aromatic N) is 1. The second-order valence-electron chi connectivity index (χ2n) is 6.86. The lowest BCUT2D eigenvalue weighted by atomic mass is 9.76. The summed E-state index contributed by atoms with van der Waals surface area (Å²) in [5.41, 5.74) is 1.23. The average molecular weight is 308 g/mol. The van der Waals surface area contributed by atoms with E-state index in [9.17, 15) is 13.6 Å². The number of halogens is 2. The van der Waals surface area contributed by atoms with Gasteiger partial charge in [0.05, 0.1) is 0 Å². The minimum atomic E-state index is -2.55. The van der Waals surface area contributed by atoms with Gasteiger partial charge in [-0.3, -0.25) is 0 Å². The van der Waals surface area contributed by atoms with Crippen LogP contribution < -0.4 is 5.32 Å². The summed E-state index contributed by atoms with van der Waals surface area (Å²) in [6.07, 6.45) is 0.477. The molecule has 0 bridgehead atoms. The Bertz CT molecular complexity index is 531. The molecule has 3 rings (SSSR count). The van der Waals surface area contributed by atoms with Crippen LogP contribution in [0.3, 0.4) is 0 Å². The fraction of sp³-hybridized carbons (Fsp3) is 0.588. The first kappa shape index (κ1) is 15.3. The van der Waals surface area contributed by atoms with E-state index < -0.39 is 5.92 Å². The third-order valence-corrected chi connectivity index (χ3v) is 4.88. The summed E-state index contributed by atoms with van der Waals surface area (Å²) in [7, 11) is 0. The molecule has 1 aliphatic heterocycles. The van der Waals surface area contributed by atoms with Gasteiger partial charge in [-0.25, -0.2) is 13.6 Å². The number of carbonyl (C=O) groups is 1. The van der Waals surface area contributed by atoms with Crippen LogP contribution in [0.2, 0.25) is 0 Å². The van der Waals surface area contributed by atoms with Gasteiger partial charge in [-0.2, -0.15) is 0 Å². The van der Waals surface area contributed by atoms with Gasteiger partial charge in [0.15, 0.2) is 0 Å². The predicted octanol–water partition coefficient (Wildman–Crippen LogP) is 3.55. The Morgan fingerprint density at radius 3 is 2.36 bits per heavy atom. The Hall–Kier alpha value is -1.65. The van der Waals surface area contributed by atoms with Gasteiger partial charge in [0, 0.05) is 37.4 Å². The molecule has 0 aromatic heterocycles. The lowest BCUT2D eigenvalue weighted by molar-refractivity contribution is -0.0401. The van der Waals surface area contributed by atoms with Gasteiger partial charge in [-0.05, 0) is 18.4 Å². The van der Waals surface area contributed by atoms with Crippen LogP contribution in [0, 0.1) is 0 Å². The topological polar surface area (TPSA) is 32.3 Å². The average Bonchev–Trinajstić information content (AvgIpc) is 2.47. The predicted molar refractivity (Wildman–Crippen MR) is 81.1 cm³/mol. The van der Waals surface area contributed by atoms with Crippen LogP contribution in [-0.2, 0) is 5.41 Å². The van der Waals surface area contributed by atoms with Gasteiger partial charge in [0.2, 0.25) is 5.92 Å². The largest absolute Gasteiger partial charge is 0.335 e. The van der Waals surface area contributed by atoms with Crippen LogP contribution in [-0.4, -0.2) is 36.0 Å². The number of benzene rings is 1. The van der Waals surface area contributed by atoms with Crippen LogP contribution in [0.1, 0.15) is 38.2 Å². The Balaban J connectivity index is 1.50. The third-order valence-electron chi connectivity index (χ3n) is 4.88. The van der Waals surface area contributed by atoms with Crippen molar-refractivity contribution in [2.24, 2.45) is 0 Å². The zero-order chi connectivity index (χ0) is 15.8. The van der Waals surface area contributed by atoms with Crippen LogP contribution in [0.15, 0.2) is 30.3 Å². The molecule has 1 aromatic rings. The van der Waals surface area contributed by atoms with E-state index in [4.69, 9.17) is 0 Å². The molecule has 0 spiro atoms.